The van der Waals surface area contributed by atoms with Gasteiger partial charge in [-0.1, -0.05) is 23.7 Å². The van der Waals surface area contributed by atoms with E-state index in [0.717, 1.165) is 0 Å². The minimum atomic E-state index is -0.645. The summed E-state index contributed by atoms with van der Waals surface area (Å²) < 4.78 is 10.6. The van der Waals surface area contributed by atoms with E-state index in [2.05, 4.69) is 15.2 Å². The maximum absolute atomic E-state index is 12.2. The van der Waals surface area contributed by atoms with Gasteiger partial charge in [0, 0.05) is 29.8 Å². The molecule has 7 heteroatoms. The number of carbonyl (C=O) groups excluding carboxylic acids is 1. The summed E-state index contributed by atoms with van der Waals surface area (Å²) in [6.45, 7) is 1.65. The van der Waals surface area contributed by atoms with E-state index < -0.39 is 5.97 Å². The van der Waals surface area contributed by atoms with Gasteiger partial charge in [-0.15, -0.1) is 5.10 Å². The Bertz CT molecular complexity index is 781. The van der Waals surface area contributed by atoms with Crippen LogP contribution in [-0.4, -0.2) is 21.2 Å². The number of rotatable bonds is 3. The van der Waals surface area contributed by atoms with Crippen LogP contribution in [-0.2, 0) is 0 Å². The third-order valence-corrected chi connectivity index (χ3v) is 2.92. The number of oxazole rings is 1. The highest BCUT2D eigenvalue weighted by Crippen LogP contribution is 2.27. The summed E-state index contributed by atoms with van der Waals surface area (Å²) in [7, 11) is 0. The van der Waals surface area contributed by atoms with Crippen molar-refractivity contribution in [1.29, 1.82) is 0 Å². The van der Waals surface area contributed by atoms with Gasteiger partial charge in [-0.3, -0.25) is 5.10 Å². The first-order chi connectivity index (χ1) is 10.1. The zero-order valence-corrected chi connectivity index (χ0v) is 11.7. The SMILES string of the molecule is Cc1nc(C(=O)Oc2cc[nH]n2)c(-c2cccc(Cl)c2)o1. The molecule has 0 fully saturated rings. The van der Waals surface area contributed by atoms with E-state index in [-0.39, 0.29) is 11.6 Å². The lowest BCUT2D eigenvalue weighted by Crippen LogP contribution is -2.10. The molecule has 2 heterocycles. The molecule has 0 bridgehead atoms. The highest BCUT2D eigenvalue weighted by Gasteiger charge is 2.22. The number of halogens is 1. The van der Waals surface area contributed by atoms with Crippen molar-refractivity contribution in [2.45, 2.75) is 6.92 Å². The second-order valence-electron chi connectivity index (χ2n) is 4.22. The highest BCUT2D eigenvalue weighted by atomic mass is 35.5. The fourth-order valence-electron chi connectivity index (χ4n) is 1.84. The maximum Gasteiger partial charge on any atom is 0.367 e. The number of benzene rings is 1. The van der Waals surface area contributed by atoms with Gasteiger partial charge in [0.1, 0.15) is 0 Å². The Morgan fingerprint density at radius 1 is 1.38 bits per heavy atom. The number of aryl methyl sites for hydroxylation is 1. The van der Waals surface area contributed by atoms with Crippen LogP contribution in [0.5, 0.6) is 5.88 Å². The van der Waals surface area contributed by atoms with E-state index in [9.17, 15) is 4.79 Å². The van der Waals surface area contributed by atoms with Gasteiger partial charge in [0.2, 0.25) is 5.88 Å². The molecule has 106 valence electrons. The minimum Gasteiger partial charge on any atom is -0.440 e. The number of nitrogens with one attached hydrogen (secondary N) is 1. The van der Waals surface area contributed by atoms with Gasteiger partial charge in [0.25, 0.3) is 0 Å². The molecule has 2 aromatic heterocycles. The van der Waals surface area contributed by atoms with Gasteiger partial charge in [-0.2, -0.15) is 0 Å². The Morgan fingerprint density at radius 2 is 2.24 bits per heavy atom. The number of nitrogens with zero attached hydrogens (tertiary/aromatic N) is 2. The molecule has 6 nitrogen and oxygen atoms in total. The summed E-state index contributed by atoms with van der Waals surface area (Å²) in [6.07, 6.45) is 1.55. The van der Waals surface area contributed by atoms with E-state index in [0.29, 0.717) is 22.2 Å². The lowest BCUT2D eigenvalue weighted by Gasteiger charge is -2.01. The van der Waals surface area contributed by atoms with E-state index in [1.54, 1.807) is 37.4 Å². The average molecular weight is 304 g/mol. The van der Waals surface area contributed by atoms with Crippen LogP contribution >= 0.6 is 11.6 Å². The number of aromatic amines is 1. The van der Waals surface area contributed by atoms with Crippen LogP contribution in [0.1, 0.15) is 16.4 Å². The highest BCUT2D eigenvalue weighted by molar-refractivity contribution is 6.30. The monoisotopic (exact) mass is 303 g/mol. The predicted octanol–water partition coefficient (Wildman–Crippen LogP) is 3.25. The van der Waals surface area contributed by atoms with Crippen LogP contribution in [0.2, 0.25) is 5.02 Å². The molecule has 0 unspecified atom stereocenters. The molecule has 21 heavy (non-hydrogen) atoms. The first-order valence-electron chi connectivity index (χ1n) is 6.09. The second-order valence-corrected chi connectivity index (χ2v) is 4.66. The first kappa shape index (κ1) is 13.4. The van der Waals surface area contributed by atoms with E-state index in [1.807, 2.05) is 0 Å². The Labute approximate surface area is 124 Å². The van der Waals surface area contributed by atoms with Crippen molar-refractivity contribution in [3.8, 4) is 17.2 Å². The molecular weight excluding hydrogens is 294 g/mol. The number of ether oxygens (including phenoxy) is 1. The standard InChI is InChI=1S/C14H10ClN3O3/c1-8-17-12(14(19)21-11-5-6-16-18-11)13(20-8)9-3-2-4-10(15)7-9/h2-7H,1H3,(H,16,18). The van der Waals surface area contributed by atoms with Crippen molar-refractivity contribution in [1.82, 2.24) is 15.2 Å². The number of esters is 1. The lowest BCUT2D eigenvalue weighted by atomic mass is 10.1. The third-order valence-electron chi connectivity index (χ3n) is 2.69. The van der Waals surface area contributed by atoms with Crippen molar-refractivity contribution >= 4 is 17.6 Å². The van der Waals surface area contributed by atoms with Gasteiger partial charge in [0.05, 0.1) is 0 Å². The van der Waals surface area contributed by atoms with Gasteiger partial charge >= 0.3 is 5.97 Å². The zero-order valence-electron chi connectivity index (χ0n) is 11.0. The quantitative estimate of drug-likeness (QED) is 0.751. The number of carbonyl (C=O) groups is 1. The summed E-state index contributed by atoms with van der Waals surface area (Å²) in [5.41, 5.74) is 0.731. The van der Waals surface area contributed by atoms with Crippen molar-refractivity contribution in [3.63, 3.8) is 0 Å². The molecule has 1 N–H and O–H groups in total. The minimum absolute atomic E-state index is 0.0813. The molecular formula is C14H10ClN3O3. The van der Waals surface area contributed by atoms with Crippen LogP contribution in [0.3, 0.4) is 0 Å². The van der Waals surface area contributed by atoms with Crippen molar-refractivity contribution in [3.05, 3.63) is 53.1 Å². The topological polar surface area (TPSA) is 81.0 Å². The summed E-state index contributed by atoms with van der Waals surface area (Å²) in [5, 5.41) is 6.85. The zero-order chi connectivity index (χ0) is 14.8. The van der Waals surface area contributed by atoms with Gasteiger partial charge in [-0.05, 0) is 12.1 Å². The van der Waals surface area contributed by atoms with Crippen molar-refractivity contribution in [2.75, 3.05) is 0 Å². The molecule has 0 atom stereocenters. The third kappa shape index (κ3) is 2.80. The molecule has 1 aromatic carbocycles. The van der Waals surface area contributed by atoms with Gasteiger partial charge < -0.3 is 9.15 Å². The largest absolute Gasteiger partial charge is 0.440 e. The Balaban J connectivity index is 1.97. The molecule has 0 radical (unpaired) electrons. The number of aromatic nitrogens is 3. The van der Waals surface area contributed by atoms with Crippen LogP contribution in [0.15, 0.2) is 40.9 Å². The molecule has 0 saturated heterocycles. The smallest absolute Gasteiger partial charge is 0.367 e. The second kappa shape index (κ2) is 5.41. The molecule has 0 aliphatic rings. The fraction of sp³-hybridized carbons (Fsp3) is 0.0714. The Kier molecular flexibility index (Phi) is 3.45. The summed E-state index contributed by atoms with van der Waals surface area (Å²) in [6, 6.07) is 8.49. The van der Waals surface area contributed by atoms with E-state index >= 15 is 0 Å². The molecule has 0 spiro atoms. The molecule has 3 aromatic rings. The average Bonchev–Trinajstić information content (AvgIpc) is 3.08. The first-order valence-corrected chi connectivity index (χ1v) is 6.46. The Morgan fingerprint density at radius 3 is 2.95 bits per heavy atom. The number of hydrogen-bond donors (Lipinski definition) is 1. The van der Waals surface area contributed by atoms with E-state index in [4.69, 9.17) is 20.8 Å². The maximum atomic E-state index is 12.2. The van der Waals surface area contributed by atoms with Crippen molar-refractivity contribution < 1.29 is 13.9 Å². The van der Waals surface area contributed by atoms with Crippen LogP contribution in [0.25, 0.3) is 11.3 Å². The molecule has 3 rings (SSSR count). The molecule has 0 aliphatic carbocycles. The van der Waals surface area contributed by atoms with Crippen LogP contribution in [0.4, 0.5) is 0 Å². The predicted molar refractivity (Wildman–Crippen MR) is 75.2 cm³/mol. The number of H-pyrrole nitrogens is 1. The summed E-state index contributed by atoms with van der Waals surface area (Å²) in [4.78, 5) is 16.2. The molecule has 0 aliphatic heterocycles. The molecule has 0 amide bonds. The van der Waals surface area contributed by atoms with Crippen LogP contribution in [0, 0.1) is 6.92 Å². The number of hydrogen-bond acceptors (Lipinski definition) is 5. The normalized spacial score (nSPS) is 10.6. The van der Waals surface area contributed by atoms with E-state index in [1.165, 1.54) is 6.07 Å². The lowest BCUT2D eigenvalue weighted by molar-refractivity contribution is 0.0722. The van der Waals surface area contributed by atoms with Crippen molar-refractivity contribution in [2.24, 2.45) is 0 Å². The van der Waals surface area contributed by atoms with Gasteiger partial charge in [-0.25, -0.2) is 9.78 Å². The fourth-order valence-corrected chi connectivity index (χ4v) is 2.03. The summed E-state index contributed by atoms with van der Waals surface area (Å²) in [5.74, 6) is 0.195. The molecule has 0 saturated carbocycles. The van der Waals surface area contributed by atoms with Gasteiger partial charge in [0.15, 0.2) is 17.3 Å². The van der Waals surface area contributed by atoms with Crippen LogP contribution < -0.4 is 4.74 Å². The summed E-state index contributed by atoms with van der Waals surface area (Å²) >= 11 is 5.96. The Hall–Kier alpha value is -2.60.